The average molecular weight is 226 g/mol. The molecule has 3 aliphatic rings. The minimum atomic E-state index is 0.353. The third-order valence-electron chi connectivity index (χ3n) is 4.14. The molecule has 3 heterocycles. The van der Waals surface area contributed by atoms with Gasteiger partial charge in [-0.2, -0.15) is 0 Å². The van der Waals surface area contributed by atoms with E-state index in [-0.39, 0.29) is 0 Å². The van der Waals surface area contributed by atoms with Crippen LogP contribution in [-0.4, -0.2) is 40.2 Å². The maximum Gasteiger partial charge on any atom is 0.0677 e. The van der Waals surface area contributed by atoms with Gasteiger partial charge in [-0.3, -0.25) is 5.32 Å². The first kappa shape index (κ1) is 10.4. The Balaban J connectivity index is 1.73. The zero-order chi connectivity index (χ0) is 10.5. The van der Waals surface area contributed by atoms with E-state index in [9.17, 15) is 0 Å². The Hall–Kier alpha value is 0.270. The number of thioether (sulfide) groups is 1. The Morgan fingerprint density at radius 1 is 1.33 bits per heavy atom. The van der Waals surface area contributed by atoms with E-state index in [1.807, 2.05) is 0 Å². The molecular weight excluding hydrogens is 204 g/mol. The van der Waals surface area contributed by atoms with Crippen LogP contribution in [-0.2, 0) is 0 Å². The first-order valence-corrected chi connectivity index (χ1v) is 7.25. The van der Waals surface area contributed by atoms with E-state index in [2.05, 4.69) is 35.8 Å². The van der Waals surface area contributed by atoms with Crippen molar-refractivity contribution in [3.05, 3.63) is 0 Å². The minimum absolute atomic E-state index is 0.353. The van der Waals surface area contributed by atoms with Gasteiger partial charge in [0.15, 0.2) is 0 Å². The van der Waals surface area contributed by atoms with Crippen molar-refractivity contribution >= 4 is 11.8 Å². The second-order valence-electron chi connectivity index (χ2n) is 6.08. The fourth-order valence-corrected chi connectivity index (χ4v) is 5.08. The van der Waals surface area contributed by atoms with Crippen LogP contribution < -0.4 is 5.32 Å². The number of fused-ring (bicyclic) bond motifs is 1. The number of hydrogen-bond acceptors (Lipinski definition) is 3. The summed E-state index contributed by atoms with van der Waals surface area (Å²) in [5.41, 5.74) is 0.353. The summed E-state index contributed by atoms with van der Waals surface area (Å²) < 4.78 is 0. The predicted octanol–water partition coefficient (Wildman–Crippen LogP) is 2.06. The van der Waals surface area contributed by atoms with Gasteiger partial charge in [-0.1, -0.05) is 0 Å². The van der Waals surface area contributed by atoms with Crippen LogP contribution >= 0.6 is 11.8 Å². The lowest BCUT2D eigenvalue weighted by molar-refractivity contribution is 0.145. The fourth-order valence-electron chi connectivity index (χ4n) is 3.48. The van der Waals surface area contributed by atoms with E-state index in [4.69, 9.17) is 0 Å². The maximum absolute atomic E-state index is 3.89. The average Bonchev–Trinajstić information content (AvgIpc) is 2.71. The van der Waals surface area contributed by atoms with Gasteiger partial charge in [-0.25, -0.2) is 0 Å². The summed E-state index contributed by atoms with van der Waals surface area (Å²) >= 11 is 2.18. The van der Waals surface area contributed by atoms with Crippen molar-refractivity contribution in [1.82, 2.24) is 10.2 Å². The molecule has 3 saturated heterocycles. The van der Waals surface area contributed by atoms with Crippen molar-refractivity contribution in [3.8, 4) is 0 Å². The van der Waals surface area contributed by atoms with Crippen molar-refractivity contribution in [2.75, 3.05) is 18.8 Å². The van der Waals surface area contributed by atoms with Gasteiger partial charge in [-0.05, 0) is 46.1 Å². The third-order valence-corrected chi connectivity index (χ3v) is 6.03. The van der Waals surface area contributed by atoms with E-state index >= 15 is 0 Å². The van der Waals surface area contributed by atoms with Crippen molar-refractivity contribution in [2.45, 2.75) is 56.0 Å². The second kappa shape index (κ2) is 3.38. The summed E-state index contributed by atoms with van der Waals surface area (Å²) in [4.78, 5) is 3.13. The Bertz CT molecular complexity index is 266. The van der Waals surface area contributed by atoms with Crippen LogP contribution in [0.15, 0.2) is 0 Å². The predicted molar refractivity (Wildman–Crippen MR) is 66.2 cm³/mol. The van der Waals surface area contributed by atoms with E-state index in [0.717, 1.165) is 6.04 Å². The molecule has 2 atom stereocenters. The molecule has 0 saturated carbocycles. The van der Waals surface area contributed by atoms with Gasteiger partial charge in [0.05, 0.1) is 4.87 Å². The zero-order valence-corrected chi connectivity index (χ0v) is 10.7. The van der Waals surface area contributed by atoms with Gasteiger partial charge in [0.25, 0.3) is 0 Å². The molecule has 2 unspecified atom stereocenters. The molecular formula is C12H22N2S. The van der Waals surface area contributed by atoms with E-state index < -0.39 is 0 Å². The second-order valence-corrected chi connectivity index (χ2v) is 7.44. The molecule has 3 rings (SSSR count). The third kappa shape index (κ3) is 1.83. The van der Waals surface area contributed by atoms with Crippen molar-refractivity contribution in [2.24, 2.45) is 0 Å². The number of rotatable bonds is 0. The van der Waals surface area contributed by atoms with Gasteiger partial charge < -0.3 is 4.90 Å². The number of nitrogens with one attached hydrogen (secondary N) is 1. The summed E-state index contributed by atoms with van der Waals surface area (Å²) in [7, 11) is 0. The molecule has 86 valence electrons. The van der Waals surface area contributed by atoms with Gasteiger partial charge in [0.2, 0.25) is 0 Å². The summed E-state index contributed by atoms with van der Waals surface area (Å²) in [6, 6.07) is 0.882. The minimum Gasteiger partial charge on any atom is -0.300 e. The first-order chi connectivity index (χ1) is 7.09. The highest BCUT2D eigenvalue weighted by molar-refractivity contribution is 8.01. The molecule has 2 nitrogen and oxygen atoms in total. The summed E-state index contributed by atoms with van der Waals surface area (Å²) in [6.45, 7) is 7.36. The smallest absolute Gasteiger partial charge is 0.0677 e. The maximum atomic E-state index is 3.89. The lowest BCUT2D eigenvalue weighted by Gasteiger charge is -2.42. The number of hydrogen-bond donors (Lipinski definition) is 1. The zero-order valence-electron chi connectivity index (χ0n) is 9.88. The van der Waals surface area contributed by atoms with Gasteiger partial charge in [0, 0.05) is 23.9 Å². The SMILES string of the molecule is CC1(C)CSC2(CCN3CCCC3C2)N1. The Kier molecular flexibility index (Phi) is 2.35. The molecule has 1 N–H and O–H groups in total. The lowest BCUT2D eigenvalue weighted by Crippen LogP contribution is -2.55. The Morgan fingerprint density at radius 2 is 2.20 bits per heavy atom. The van der Waals surface area contributed by atoms with Crippen molar-refractivity contribution < 1.29 is 0 Å². The number of nitrogens with zero attached hydrogens (tertiary/aromatic N) is 1. The van der Waals surface area contributed by atoms with Gasteiger partial charge >= 0.3 is 0 Å². The molecule has 0 bridgehead atoms. The normalized spacial score (nSPS) is 44.8. The summed E-state index contributed by atoms with van der Waals surface area (Å²) in [5.74, 6) is 1.28. The first-order valence-electron chi connectivity index (χ1n) is 6.26. The van der Waals surface area contributed by atoms with E-state index in [0.29, 0.717) is 10.4 Å². The highest BCUT2D eigenvalue weighted by atomic mass is 32.2. The molecule has 0 amide bonds. The Morgan fingerprint density at radius 3 is 2.93 bits per heavy atom. The van der Waals surface area contributed by atoms with Gasteiger partial charge in [-0.15, -0.1) is 11.8 Å². The van der Waals surface area contributed by atoms with Crippen LogP contribution in [0.4, 0.5) is 0 Å². The van der Waals surface area contributed by atoms with Crippen LogP contribution in [0.25, 0.3) is 0 Å². The lowest BCUT2D eigenvalue weighted by atomic mass is 9.94. The van der Waals surface area contributed by atoms with Crippen molar-refractivity contribution in [1.29, 1.82) is 0 Å². The molecule has 0 radical (unpaired) electrons. The number of piperidine rings is 1. The molecule has 3 fully saturated rings. The quantitative estimate of drug-likeness (QED) is 0.680. The summed E-state index contributed by atoms with van der Waals surface area (Å²) in [6.07, 6.45) is 5.58. The van der Waals surface area contributed by atoms with Gasteiger partial charge in [0.1, 0.15) is 0 Å². The molecule has 0 aromatic heterocycles. The monoisotopic (exact) mass is 226 g/mol. The molecule has 3 heteroatoms. The highest BCUT2D eigenvalue weighted by Crippen LogP contribution is 2.45. The highest BCUT2D eigenvalue weighted by Gasteiger charge is 2.48. The van der Waals surface area contributed by atoms with Crippen molar-refractivity contribution in [3.63, 3.8) is 0 Å². The molecule has 0 aliphatic carbocycles. The van der Waals surface area contributed by atoms with E-state index in [1.54, 1.807) is 0 Å². The topological polar surface area (TPSA) is 15.3 Å². The molecule has 1 spiro atoms. The molecule has 0 aromatic rings. The molecule has 15 heavy (non-hydrogen) atoms. The van der Waals surface area contributed by atoms with Crippen LogP contribution in [0.5, 0.6) is 0 Å². The van der Waals surface area contributed by atoms with Crippen LogP contribution in [0.1, 0.15) is 39.5 Å². The van der Waals surface area contributed by atoms with Crippen LogP contribution in [0, 0.1) is 0 Å². The van der Waals surface area contributed by atoms with Crippen LogP contribution in [0.3, 0.4) is 0 Å². The van der Waals surface area contributed by atoms with Crippen LogP contribution in [0.2, 0.25) is 0 Å². The molecule has 3 aliphatic heterocycles. The van der Waals surface area contributed by atoms with E-state index in [1.165, 1.54) is 44.5 Å². The largest absolute Gasteiger partial charge is 0.300 e. The molecule has 0 aromatic carbocycles. The fraction of sp³-hybridized carbons (Fsp3) is 1.00. The standard InChI is InChI=1S/C12H22N2S/c1-11(2)9-15-12(13-11)5-7-14-6-3-4-10(14)8-12/h10,13H,3-9H2,1-2H3. The Labute approximate surface area is 97.2 Å². The summed E-state index contributed by atoms with van der Waals surface area (Å²) in [5, 5.41) is 3.89.